The molecule has 3 aromatic carbocycles. The molecule has 0 amide bonds. The van der Waals surface area contributed by atoms with Crippen LogP contribution in [-0.2, 0) is 0 Å². The predicted octanol–water partition coefficient (Wildman–Crippen LogP) is 7.23. The van der Waals surface area contributed by atoms with Gasteiger partial charge in [0.25, 0.3) is 5.56 Å². The van der Waals surface area contributed by atoms with Crippen molar-refractivity contribution in [1.82, 2.24) is 9.66 Å². The molecule has 0 aliphatic rings. The number of para-hydroxylation sites is 1. The second-order valence-electron chi connectivity index (χ2n) is 7.52. The average molecular weight is 752 g/mol. The Balaban J connectivity index is 1.65. The van der Waals surface area contributed by atoms with Crippen LogP contribution in [-0.4, -0.2) is 22.5 Å². The van der Waals surface area contributed by atoms with Gasteiger partial charge in [-0.2, -0.15) is 9.78 Å². The summed E-state index contributed by atoms with van der Waals surface area (Å²) >= 11 is 7.94. The minimum absolute atomic E-state index is 0.279. The number of hydrogen-bond acceptors (Lipinski definition) is 5. The van der Waals surface area contributed by atoms with Gasteiger partial charge in [0.05, 0.1) is 24.3 Å². The van der Waals surface area contributed by atoms with Crippen molar-refractivity contribution in [2.75, 3.05) is 6.61 Å². The minimum atomic E-state index is -0.279. The summed E-state index contributed by atoms with van der Waals surface area (Å²) in [6.07, 6.45) is 3.35. The molecular weight excluding hydrogens is 736 g/mol. The fraction of sp³-hybridized carbons (Fsp3) is 0.0385. The second-order valence-corrected chi connectivity index (χ2v) is 10.8. The fourth-order valence-electron chi connectivity index (χ4n) is 3.57. The normalized spacial score (nSPS) is 11.5. The first-order valence-electron chi connectivity index (χ1n) is 10.4. The van der Waals surface area contributed by atoms with E-state index < -0.39 is 0 Å². The van der Waals surface area contributed by atoms with Gasteiger partial charge in [-0.25, -0.2) is 4.98 Å². The number of aromatic nitrogens is 2. The Morgan fingerprint density at radius 1 is 1.11 bits per heavy atom. The molecule has 0 atom stereocenters. The largest absolute Gasteiger partial charge is 0.487 e. The molecule has 0 unspecified atom stereocenters. The van der Waals surface area contributed by atoms with Crippen LogP contribution in [0.1, 0.15) is 5.56 Å². The maximum atomic E-state index is 13.4. The van der Waals surface area contributed by atoms with Gasteiger partial charge in [-0.3, -0.25) is 4.79 Å². The molecule has 0 spiro atoms. The van der Waals surface area contributed by atoms with Crippen LogP contribution in [0, 0.1) is 7.14 Å². The Bertz CT molecular complexity index is 1670. The zero-order valence-corrected chi connectivity index (χ0v) is 23.9. The molecule has 5 aromatic rings. The Labute approximate surface area is 236 Å². The lowest BCUT2D eigenvalue weighted by atomic mass is 10.2. The SMILES string of the molecule is C=CCOc1c(I)cc(C=Nn2c(-c3cc4cc(Br)ccc4o3)nc3ccccc3c2=O)cc1I. The van der Waals surface area contributed by atoms with Crippen molar-refractivity contribution >= 4 is 89.2 Å². The molecule has 2 aromatic heterocycles. The molecule has 0 bridgehead atoms. The monoisotopic (exact) mass is 751 g/mol. The molecule has 5 rings (SSSR count). The van der Waals surface area contributed by atoms with Crippen LogP contribution in [0.25, 0.3) is 33.5 Å². The lowest BCUT2D eigenvalue weighted by Crippen LogP contribution is -2.20. The van der Waals surface area contributed by atoms with Gasteiger partial charge in [-0.1, -0.05) is 40.7 Å². The van der Waals surface area contributed by atoms with E-state index in [-0.39, 0.29) is 5.56 Å². The van der Waals surface area contributed by atoms with E-state index in [1.54, 1.807) is 24.4 Å². The molecule has 0 aliphatic carbocycles. The molecule has 9 heteroatoms. The highest BCUT2D eigenvalue weighted by molar-refractivity contribution is 14.1. The summed E-state index contributed by atoms with van der Waals surface area (Å²) in [7, 11) is 0. The van der Waals surface area contributed by atoms with Crippen LogP contribution in [0.15, 0.2) is 92.1 Å². The zero-order valence-electron chi connectivity index (χ0n) is 18.0. The fourth-order valence-corrected chi connectivity index (χ4v) is 6.08. The molecule has 0 saturated carbocycles. The second kappa shape index (κ2) is 10.2. The molecule has 2 heterocycles. The number of nitrogens with zero attached hydrogens (tertiary/aromatic N) is 3. The van der Waals surface area contributed by atoms with Crippen LogP contribution < -0.4 is 10.3 Å². The van der Waals surface area contributed by atoms with Gasteiger partial charge >= 0.3 is 0 Å². The van der Waals surface area contributed by atoms with E-state index in [0.717, 1.165) is 28.3 Å². The number of fused-ring (bicyclic) bond motifs is 2. The highest BCUT2D eigenvalue weighted by Gasteiger charge is 2.17. The molecular formula is C26H16BrI2N3O3. The lowest BCUT2D eigenvalue weighted by Gasteiger charge is -2.10. The van der Waals surface area contributed by atoms with Crippen molar-refractivity contribution in [3.63, 3.8) is 0 Å². The van der Waals surface area contributed by atoms with Crippen molar-refractivity contribution in [2.24, 2.45) is 5.10 Å². The van der Waals surface area contributed by atoms with Gasteiger partial charge in [-0.15, -0.1) is 0 Å². The molecule has 0 fully saturated rings. The average Bonchev–Trinajstić information content (AvgIpc) is 3.26. The number of halogens is 3. The first kappa shape index (κ1) is 24.2. The summed E-state index contributed by atoms with van der Waals surface area (Å²) in [4.78, 5) is 18.2. The van der Waals surface area contributed by atoms with Crippen LogP contribution in [0.3, 0.4) is 0 Å². The molecule has 6 nitrogen and oxygen atoms in total. The zero-order chi connectivity index (χ0) is 24.5. The van der Waals surface area contributed by atoms with Crippen molar-refractivity contribution in [2.45, 2.75) is 0 Å². The number of benzene rings is 3. The number of ether oxygens (including phenoxy) is 1. The van der Waals surface area contributed by atoms with Crippen molar-refractivity contribution in [3.05, 3.63) is 101 Å². The molecule has 35 heavy (non-hydrogen) atoms. The van der Waals surface area contributed by atoms with Gasteiger partial charge < -0.3 is 9.15 Å². The maximum Gasteiger partial charge on any atom is 0.282 e. The Morgan fingerprint density at radius 2 is 1.89 bits per heavy atom. The van der Waals surface area contributed by atoms with E-state index in [1.807, 2.05) is 48.5 Å². The third-order valence-electron chi connectivity index (χ3n) is 5.14. The van der Waals surface area contributed by atoms with E-state index in [9.17, 15) is 4.79 Å². The molecule has 0 aliphatic heterocycles. The van der Waals surface area contributed by atoms with Gasteiger partial charge in [0.15, 0.2) is 5.76 Å². The van der Waals surface area contributed by atoms with Gasteiger partial charge in [0.2, 0.25) is 5.82 Å². The summed E-state index contributed by atoms with van der Waals surface area (Å²) in [5.41, 5.74) is 1.82. The summed E-state index contributed by atoms with van der Waals surface area (Å²) in [6, 6.07) is 18.7. The lowest BCUT2D eigenvalue weighted by molar-refractivity contribution is 0.358. The van der Waals surface area contributed by atoms with Gasteiger partial charge in [-0.05, 0) is 99.3 Å². The third-order valence-corrected chi connectivity index (χ3v) is 7.24. The van der Waals surface area contributed by atoms with E-state index in [0.29, 0.717) is 34.7 Å². The summed E-state index contributed by atoms with van der Waals surface area (Å²) < 4.78 is 15.9. The van der Waals surface area contributed by atoms with E-state index in [4.69, 9.17) is 14.1 Å². The molecule has 0 radical (unpaired) electrons. The predicted molar refractivity (Wildman–Crippen MR) is 159 cm³/mol. The molecule has 0 saturated heterocycles. The van der Waals surface area contributed by atoms with Crippen LogP contribution in [0.5, 0.6) is 5.75 Å². The maximum absolute atomic E-state index is 13.4. The Hall–Kier alpha value is -2.51. The summed E-state index contributed by atoms with van der Waals surface area (Å²) in [6.45, 7) is 4.12. The summed E-state index contributed by atoms with van der Waals surface area (Å²) in [5, 5.41) is 5.92. The first-order chi connectivity index (χ1) is 16.9. The summed E-state index contributed by atoms with van der Waals surface area (Å²) in [5.74, 6) is 1.57. The highest BCUT2D eigenvalue weighted by Crippen LogP contribution is 2.30. The molecule has 174 valence electrons. The van der Waals surface area contributed by atoms with Crippen LogP contribution >= 0.6 is 61.1 Å². The molecule has 0 N–H and O–H groups in total. The smallest absolute Gasteiger partial charge is 0.282 e. The Morgan fingerprint density at radius 3 is 2.66 bits per heavy atom. The van der Waals surface area contributed by atoms with Crippen molar-refractivity contribution < 1.29 is 9.15 Å². The number of hydrogen-bond donors (Lipinski definition) is 0. The van der Waals surface area contributed by atoms with Gasteiger partial charge in [0.1, 0.15) is 17.9 Å². The van der Waals surface area contributed by atoms with E-state index in [2.05, 4.69) is 72.8 Å². The third kappa shape index (κ3) is 4.94. The quantitative estimate of drug-likeness (QED) is 0.104. The van der Waals surface area contributed by atoms with Crippen molar-refractivity contribution in [3.8, 4) is 17.3 Å². The Kier molecular flexibility index (Phi) is 7.07. The van der Waals surface area contributed by atoms with Gasteiger partial charge in [0, 0.05) is 9.86 Å². The van der Waals surface area contributed by atoms with E-state index in [1.165, 1.54) is 4.68 Å². The topological polar surface area (TPSA) is 69.6 Å². The van der Waals surface area contributed by atoms with Crippen LogP contribution in [0.2, 0.25) is 0 Å². The van der Waals surface area contributed by atoms with Crippen molar-refractivity contribution in [1.29, 1.82) is 0 Å². The highest BCUT2D eigenvalue weighted by atomic mass is 127. The number of rotatable bonds is 6. The first-order valence-corrected chi connectivity index (χ1v) is 13.4. The van der Waals surface area contributed by atoms with Crippen LogP contribution in [0.4, 0.5) is 0 Å². The standard InChI is InChI=1S/C26H16BrI2N3O3/c1-2-9-34-24-19(28)10-15(11-20(24)29)14-30-32-25(31-21-6-4-3-5-18(21)26(32)33)23-13-16-12-17(27)7-8-22(16)35-23/h2-8,10-14H,1,9H2. The number of furan rings is 1. The van der Waals surface area contributed by atoms with E-state index >= 15 is 0 Å². The minimum Gasteiger partial charge on any atom is -0.487 e.